The SMILES string of the molecule is COCCCn1c([C@@H]2CCCN(C(=O)C[C@@H](Cc3ccc(-c4ccc(NCCO)nc4)cc3)NC(=O)OC(C)(C)C)C2)c(C)c2cccc(F)c21. The van der Waals surface area contributed by atoms with Crippen LogP contribution in [-0.4, -0.2) is 83.2 Å². The van der Waals surface area contributed by atoms with Crippen LogP contribution in [-0.2, 0) is 27.2 Å². The van der Waals surface area contributed by atoms with Crippen LogP contribution in [0.1, 0.15) is 69.2 Å². The first-order valence-electron chi connectivity index (χ1n) is 17.9. The molecule has 2 aromatic heterocycles. The molecule has 2 aromatic carbocycles. The highest BCUT2D eigenvalue weighted by Crippen LogP contribution is 2.37. The van der Waals surface area contributed by atoms with Crippen molar-refractivity contribution < 1.29 is 28.6 Å². The molecule has 0 saturated carbocycles. The molecule has 274 valence electrons. The summed E-state index contributed by atoms with van der Waals surface area (Å²) in [6.07, 6.45) is 4.26. The average molecular weight is 702 g/mol. The van der Waals surface area contributed by atoms with Crippen molar-refractivity contribution in [3.8, 4) is 11.1 Å². The summed E-state index contributed by atoms with van der Waals surface area (Å²) >= 11 is 0. The minimum Gasteiger partial charge on any atom is -0.444 e. The molecule has 11 heteroatoms. The summed E-state index contributed by atoms with van der Waals surface area (Å²) < 4.78 is 28.2. The summed E-state index contributed by atoms with van der Waals surface area (Å²) in [7, 11) is 1.67. The summed E-state index contributed by atoms with van der Waals surface area (Å²) in [4.78, 5) is 33.3. The number of benzene rings is 2. The number of nitrogens with one attached hydrogen (secondary N) is 2. The molecule has 1 saturated heterocycles. The van der Waals surface area contributed by atoms with Gasteiger partial charge in [0.05, 0.1) is 12.1 Å². The zero-order valence-electron chi connectivity index (χ0n) is 30.5. The van der Waals surface area contributed by atoms with Crippen LogP contribution in [0.4, 0.5) is 15.0 Å². The Morgan fingerprint density at radius 1 is 1.10 bits per heavy atom. The molecule has 10 nitrogen and oxygen atoms in total. The highest BCUT2D eigenvalue weighted by Gasteiger charge is 2.31. The van der Waals surface area contributed by atoms with E-state index < -0.39 is 17.7 Å². The summed E-state index contributed by atoms with van der Waals surface area (Å²) in [5, 5.41) is 16.0. The first-order valence-corrected chi connectivity index (χ1v) is 17.9. The number of methoxy groups -OCH3 is 1. The van der Waals surface area contributed by atoms with Gasteiger partial charge in [0.15, 0.2) is 0 Å². The average Bonchev–Trinajstić information content (AvgIpc) is 3.39. The van der Waals surface area contributed by atoms with Crippen LogP contribution in [0.25, 0.3) is 22.0 Å². The Hall–Kier alpha value is -4.48. The Labute approximate surface area is 300 Å². The van der Waals surface area contributed by atoms with Gasteiger partial charge in [-0.2, -0.15) is 0 Å². The summed E-state index contributed by atoms with van der Waals surface area (Å²) in [5.41, 5.74) is 4.97. The number of anilines is 1. The van der Waals surface area contributed by atoms with Gasteiger partial charge in [0, 0.05) is 81.1 Å². The van der Waals surface area contributed by atoms with Crippen LogP contribution in [0.2, 0.25) is 0 Å². The van der Waals surface area contributed by atoms with Crippen molar-refractivity contribution in [2.24, 2.45) is 0 Å². The molecule has 0 radical (unpaired) electrons. The number of pyridine rings is 1. The molecule has 2 atom stereocenters. The van der Waals surface area contributed by atoms with E-state index in [0.717, 1.165) is 52.6 Å². The number of carbonyl (C=O) groups is 2. The number of hydrogen-bond donors (Lipinski definition) is 3. The number of carbonyl (C=O) groups excluding carboxylic acids is 2. The lowest BCUT2D eigenvalue weighted by Gasteiger charge is -2.35. The molecule has 0 spiro atoms. The van der Waals surface area contributed by atoms with Crippen molar-refractivity contribution in [3.63, 3.8) is 0 Å². The van der Waals surface area contributed by atoms with Gasteiger partial charge in [-0.3, -0.25) is 4.79 Å². The largest absolute Gasteiger partial charge is 0.444 e. The van der Waals surface area contributed by atoms with E-state index in [1.807, 2.05) is 68.1 Å². The fourth-order valence-electron chi connectivity index (χ4n) is 7.07. The van der Waals surface area contributed by atoms with Crippen LogP contribution >= 0.6 is 0 Å². The van der Waals surface area contributed by atoms with E-state index in [9.17, 15) is 9.59 Å². The summed E-state index contributed by atoms with van der Waals surface area (Å²) in [5.74, 6) is 0.465. The van der Waals surface area contributed by atoms with E-state index in [4.69, 9.17) is 14.6 Å². The molecule has 0 bridgehead atoms. The number of ether oxygens (including phenoxy) is 2. The number of aliphatic hydroxyl groups excluding tert-OH is 1. The summed E-state index contributed by atoms with van der Waals surface area (Å²) in [6.45, 7) is 10.3. The van der Waals surface area contributed by atoms with E-state index in [-0.39, 0.29) is 30.7 Å². The molecule has 4 aromatic rings. The number of aryl methyl sites for hydroxylation is 2. The zero-order chi connectivity index (χ0) is 36.5. The lowest BCUT2D eigenvalue weighted by atomic mass is 9.91. The van der Waals surface area contributed by atoms with Crippen molar-refractivity contribution in [1.82, 2.24) is 19.8 Å². The molecule has 0 aliphatic carbocycles. The molecule has 1 fully saturated rings. The van der Waals surface area contributed by atoms with Gasteiger partial charge in [-0.1, -0.05) is 36.4 Å². The van der Waals surface area contributed by atoms with Crippen molar-refractivity contribution in [2.45, 2.75) is 83.9 Å². The van der Waals surface area contributed by atoms with Gasteiger partial charge >= 0.3 is 6.09 Å². The van der Waals surface area contributed by atoms with Crippen molar-refractivity contribution in [3.05, 3.63) is 83.4 Å². The second-order valence-corrected chi connectivity index (χ2v) is 14.4. The van der Waals surface area contributed by atoms with Gasteiger partial charge in [0.25, 0.3) is 0 Å². The molecule has 0 unspecified atom stereocenters. The maximum Gasteiger partial charge on any atom is 0.407 e. The third kappa shape index (κ3) is 9.86. The molecular formula is C40H52FN5O5. The molecular weight excluding hydrogens is 649 g/mol. The molecule has 51 heavy (non-hydrogen) atoms. The third-order valence-electron chi connectivity index (χ3n) is 9.32. The quantitative estimate of drug-likeness (QED) is 0.124. The van der Waals surface area contributed by atoms with Crippen molar-refractivity contribution in [2.75, 3.05) is 45.3 Å². The van der Waals surface area contributed by atoms with Gasteiger partial charge < -0.3 is 34.7 Å². The Kier molecular flexibility index (Phi) is 12.7. The molecule has 1 aliphatic heterocycles. The van der Waals surface area contributed by atoms with Gasteiger partial charge in [-0.15, -0.1) is 0 Å². The number of alkyl carbamates (subject to hydrolysis) is 1. The number of para-hydroxylation sites is 1. The van der Waals surface area contributed by atoms with Crippen LogP contribution in [0, 0.1) is 12.7 Å². The lowest BCUT2D eigenvalue weighted by molar-refractivity contribution is -0.132. The van der Waals surface area contributed by atoms with Gasteiger partial charge in [-0.25, -0.2) is 14.2 Å². The van der Waals surface area contributed by atoms with E-state index in [2.05, 4.69) is 27.1 Å². The molecule has 5 rings (SSSR count). The maximum absolute atomic E-state index is 15.2. The topological polar surface area (TPSA) is 118 Å². The van der Waals surface area contributed by atoms with Crippen LogP contribution in [0.5, 0.6) is 0 Å². The number of piperidine rings is 1. The van der Waals surface area contributed by atoms with E-state index >= 15 is 4.39 Å². The molecule has 3 N–H and O–H groups in total. The third-order valence-corrected chi connectivity index (χ3v) is 9.32. The number of rotatable bonds is 14. The smallest absolute Gasteiger partial charge is 0.407 e. The fourth-order valence-corrected chi connectivity index (χ4v) is 7.07. The van der Waals surface area contributed by atoms with Gasteiger partial charge in [-0.05, 0) is 88.3 Å². The highest BCUT2D eigenvalue weighted by molar-refractivity contribution is 5.86. The first kappa shape index (κ1) is 37.8. The fraction of sp³-hybridized carbons (Fsp3) is 0.475. The van der Waals surface area contributed by atoms with E-state index in [1.54, 1.807) is 19.4 Å². The van der Waals surface area contributed by atoms with Crippen LogP contribution < -0.4 is 10.6 Å². The molecule has 3 heterocycles. The second-order valence-electron chi connectivity index (χ2n) is 14.4. The predicted octanol–water partition coefficient (Wildman–Crippen LogP) is 6.82. The standard InChI is InChI=1S/C40H52FN5O5/c1-27-33-10-6-11-34(41)38(33)46(20-8-22-50-5)37(27)31-9-7-19-45(26-31)36(48)24-32(44-39(49)51-40(2,3)4)23-28-12-14-29(15-13-28)30-16-17-35(43-25-30)42-18-21-47/h6,10-17,25,31-32,47H,7-9,18-24,26H2,1-5H3,(H,42,43)(H,44,49)/t31-,32-/m1/s1. The Bertz CT molecular complexity index is 1770. The maximum atomic E-state index is 15.2. The van der Waals surface area contributed by atoms with Gasteiger partial charge in [0.1, 0.15) is 17.2 Å². The number of halogens is 1. The number of likely N-dealkylation sites (tertiary alicyclic amines) is 1. The van der Waals surface area contributed by atoms with E-state index in [1.165, 1.54) is 6.07 Å². The van der Waals surface area contributed by atoms with Crippen LogP contribution in [0.15, 0.2) is 60.8 Å². The number of aliphatic hydroxyl groups is 1. The summed E-state index contributed by atoms with van der Waals surface area (Å²) in [6, 6.07) is 16.6. The zero-order valence-corrected chi connectivity index (χ0v) is 30.5. The van der Waals surface area contributed by atoms with E-state index in [0.29, 0.717) is 50.5 Å². The number of nitrogens with zero attached hydrogens (tertiary/aromatic N) is 3. The Morgan fingerprint density at radius 3 is 2.55 bits per heavy atom. The number of fused-ring (bicyclic) bond motifs is 1. The van der Waals surface area contributed by atoms with Crippen molar-refractivity contribution >= 4 is 28.7 Å². The Balaban J connectivity index is 1.32. The lowest BCUT2D eigenvalue weighted by Crippen LogP contribution is -2.46. The molecule has 1 aliphatic rings. The number of aromatic nitrogens is 2. The second kappa shape index (κ2) is 17.2. The minimum absolute atomic E-state index is 0.0305. The number of amides is 2. The highest BCUT2D eigenvalue weighted by atomic mass is 19.1. The monoisotopic (exact) mass is 701 g/mol. The minimum atomic E-state index is -0.684. The van der Waals surface area contributed by atoms with Crippen molar-refractivity contribution in [1.29, 1.82) is 0 Å². The normalized spacial score (nSPS) is 15.5. The van der Waals surface area contributed by atoms with Gasteiger partial charge in [0.2, 0.25) is 5.91 Å². The molecule has 2 amide bonds. The number of hydrogen-bond acceptors (Lipinski definition) is 7. The predicted molar refractivity (Wildman–Crippen MR) is 198 cm³/mol. The van der Waals surface area contributed by atoms with Crippen LogP contribution in [0.3, 0.4) is 0 Å². The first-order chi connectivity index (χ1) is 24.5. The Morgan fingerprint density at radius 2 is 1.86 bits per heavy atom.